The van der Waals surface area contributed by atoms with E-state index >= 15 is 0 Å². The molecule has 146 valence electrons. The molecule has 0 aliphatic heterocycles. The fourth-order valence-electron chi connectivity index (χ4n) is 2.49. The third-order valence-corrected chi connectivity index (χ3v) is 4.75. The third kappa shape index (κ3) is 4.40. The van der Waals surface area contributed by atoms with Crippen LogP contribution in [0.4, 0.5) is 0 Å². The van der Waals surface area contributed by atoms with Crippen molar-refractivity contribution >= 4 is 17.3 Å². The van der Waals surface area contributed by atoms with E-state index in [0.717, 1.165) is 10.6 Å². The summed E-state index contributed by atoms with van der Waals surface area (Å²) in [5, 5.41) is 2.65. The highest BCUT2D eigenvalue weighted by molar-refractivity contribution is 7.13. The Hall–Kier alpha value is -3.13. The van der Waals surface area contributed by atoms with Gasteiger partial charge in [0, 0.05) is 17.1 Å². The molecule has 2 heterocycles. The number of hydrogen-bond donors (Lipinski definition) is 0. The van der Waals surface area contributed by atoms with Crippen LogP contribution in [-0.4, -0.2) is 36.8 Å². The summed E-state index contributed by atoms with van der Waals surface area (Å²) in [6.07, 6.45) is 1.57. The van der Waals surface area contributed by atoms with Crippen molar-refractivity contribution in [3.05, 3.63) is 53.2 Å². The number of benzene rings is 1. The Morgan fingerprint density at radius 2 is 1.96 bits per heavy atom. The summed E-state index contributed by atoms with van der Waals surface area (Å²) in [6, 6.07) is 8.87. The maximum atomic E-state index is 12.3. The molecule has 0 saturated carbocycles. The zero-order chi connectivity index (χ0) is 19.9. The molecule has 0 bridgehead atoms. The highest BCUT2D eigenvalue weighted by Gasteiger charge is 2.16. The zero-order valence-corrected chi connectivity index (χ0v) is 16.6. The second-order valence-electron chi connectivity index (χ2n) is 5.58. The second-order valence-corrected chi connectivity index (χ2v) is 6.44. The number of carbonyl (C=O) groups excluding carboxylic acids is 1. The molecule has 0 fully saturated rings. The first-order chi connectivity index (χ1) is 13.7. The average Bonchev–Trinajstić information content (AvgIpc) is 3.21. The number of rotatable bonds is 8. The van der Waals surface area contributed by atoms with E-state index in [2.05, 4.69) is 9.97 Å². The molecule has 3 aromatic rings. The van der Waals surface area contributed by atoms with Gasteiger partial charge in [0.05, 0.1) is 26.5 Å². The SMILES string of the molecule is CCOc1ncccc1C(=O)OCc1csc(-c2ccc(OC)c(OC)c2)n1. The Kier molecular flexibility index (Phi) is 6.44. The number of thiazole rings is 1. The molecule has 0 atom stereocenters. The van der Waals surface area contributed by atoms with Crippen LogP contribution in [0.5, 0.6) is 17.4 Å². The van der Waals surface area contributed by atoms with Crippen LogP contribution in [0.3, 0.4) is 0 Å². The lowest BCUT2D eigenvalue weighted by Crippen LogP contribution is -2.09. The fraction of sp³-hybridized carbons (Fsp3) is 0.250. The average molecular weight is 400 g/mol. The van der Waals surface area contributed by atoms with Crippen molar-refractivity contribution in [2.45, 2.75) is 13.5 Å². The lowest BCUT2D eigenvalue weighted by Gasteiger charge is -2.08. The van der Waals surface area contributed by atoms with Gasteiger partial charge in [-0.25, -0.2) is 14.8 Å². The molecule has 0 N–H and O–H groups in total. The molecule has 28 heavy (non-hydrogen) atoms. The topological polar surface area (TPSA) is 79.8 Å². The predicted molar refractivity (Wildman–Crippen MR) is 105 cm³/mol. The van der Waals surface area contributed by atoms with Crippen LogP contribution < -0.4 is 14.2 Å². The molecular formula is C20H20N2O5S. The summed E-state index contributed by atoms with van der Waals surface area (Å²) in [5.74, 6) is 1.04. The Balaban J connectivity index is 1.69. The Morgan fingerprint density at radius 3 is 2.71 bits per heavy atom. The minimum absolute atomic E-state index is 0.0586. The highest BCUT2D eigenvalue weighted by Crippen LogP contribution is 2.33. The number of ether oxygens (including phenoxy) is 4. The Bertz CT molecular complexity index is 957. The van der Waals surface area contributed by atoms with E-state index in [4.69, 9.17) is 18.9 Å². The van der Waals surface area contributed by atoms with Crippen LogP contribution in [0.15, 0.2) is 41.9 Å². The van der Waals surface area contributed by atoms with E-state index in [1.54, 1.807) is 32.5 Å². The number of hydrogen-bond acceptors (Lipinski definition) is 8. The van der Waals surface area contributed by atoms with E-state index in [0.29, 0.717) is 29.4 Å². The fourth-order valence-corrected chi connectivity index (χ4v) is 3.29. The standard InChI is InChI=1S/C20H20N2O5S/c1-4-26-18-15(6-5-9-21-18)20(23)27-11-14-12-28-19(22-14)13-7-8-16(24-2)17(10-13)25-3/h5-10,12H,4,11H2,1-3H3. The van der Waals surface area contributed by atoms with E-state index in [1.165, 1.54) is 11.3 Å². The molecular weight excluding hydrogens is 380 g/mol. The summed E-state index contributed by atoms with van der Waals surface area (Å²) in [5.41, 5.74) is 1.84. The lowest BCUT2D eigenvalue weighted by atomic mass is 10.2. The molecule has 0 spiro atoms. The van der Waals surface area contributed by atoms with E-state index in [1.807, 2.05) is 30.5 Å². The molecule has 0 aliphatic carbocycles. The molecule has 0 amide bonds. The van der Waals surface area contributed by atoms with Gasteiger partial charge in [0.2, 0.25) is 5.88 Å². The van der Waals surface area contributed by atoms with Gasteiger partial charge in [-0.2, -0.15) is 0 Å². The lowest BCUT2D eigenvalue weighted by molar-refractivity contribution is 0.0463. The quantitative estimate of drug-likeness (QED) is 0.529. The molecule has 8 heteroatoms. The molecule has 0 aliphatic rings. The number of methoxy groups -OCH3 is 2. The van der Waals surface area contributed by atoms with Crippen molar-refractivity contribution in [3.63, 3.8) is 0 Å². The number of carbonyl (C=O) groups is 1. The van der Waals surface area contributed by atoms with Crippen molar-refractivity contribution in [2.75, 3.05) is 20.8 Å². The van der Waals surface area contributed by atoms with E-state index in [9.17, 15) is 4.79 Å². The summed E-state index contributed by atoms with van der Waals surface area (Å²) in [4.78, 5) is 20.9. The molecule has 7 nitrogen and oxygen atoms in total. The van der Waals surface area contributed by atoms with Crippen LogP contribution in [0.25, 0.3) is 10.6 Å². The first-order valence-electron chi connectivity index (χ1n) is 8.58. The van der Waals surface area contributed by atoms with Gasteiger partial charge in [0.25, 0.3) is 0 Å². The summed E-state index contributed by atoms with van der Waals surface area (Å²) >= 11 is 1.46. The van der Waals surface area contributed by atoms with Crippen LogP contribution in [0.2, 0.25) is 0 Å². The van der Waals surface area contributed by atoms with Crippen molar-refractivity contribution in [1.82, 2.24) is 9.97 Å². The monoisotopic (exact) mass is 400 g/mol. The van der Waals surface area contributed by atoms with Gasteiger partial charge in [0.1, 0.15) is 17.2 Å². The van der Waals surface area contributed by atoms with E-state index in [-0.39, 0.29) is 12.5 Å². The molecule has 0 unspecified atom stereocenters. The first-order valence-corrected chi connectivity index (χ1v) is 9.46. The predicted octanol–water partition coefficient (Wildman–Crippen LogP) is 3.98. The first kappa shape index (κ1) is 19.6. The number of pyridine rings is 1. The highest BCUT2D eigenvalue weighted by atomic mass is 32.1. The molecule has 0 radical (unpaired) electrons. The van der Waals surface area contributed by atoms with Crippen LogP contribution in [-0.2, 0) is 11.3 Å². The van der Waals surface area contributed by atoms with E-state index < -0.39 is 5.97 Å². The molecule has 0 saturated heterocycles. The molecule has 3 rings (SSSR count). The van der Waals surface area contributed by atoms with Crippen LogP contribution in [0, 0.1) is 0 Å². The van der Waals surface area contributed by atoms with Crippen molar-refractivity contribution in [1.29, 1.82) is 0 Å². The van der Waals surface area contributed by atoms with Crippen molar-refractivity contribution in [2.24, 2.45) is 0 Å². The number of esters is 1. The maximum absolute atomic E-state index is 12.3. The summed E-state index contributed by atoms with van der Waals surface area (Å²) in [6.45, 7) is 2.30. The number of aromatic nitrogens is 2. The molecule has 2 aromatic heterocycles. The van der Waals surface area contributed by atoms with Crippen LogP contribution >= 0.6 is 11.3 Å². The van der Waals surface area contributed by atoms with Gasteiger partial charge in [-0.3, -0.25) is 0 Å². The Morgan fingerprint density at radius 1 is 1.14 bits per heavy atom. The summed E-state index contributed by atoms with van der Waals surface area (Å²) in [7, 11) is 3.18. The van der Waals surface area contributed by atoms with Crippen molar-refractivity contribution in [3.8, 4) is 28.0 Å². The van der Waals surface area contributed by atoms with Gasteiger partial charge in [-0.05, 0) is 37.3 Å². The van der Waals surface area contributed by atoms with Gasteiger partial charge >= 0.3 is 5.97 Å². The van der Waals surface area contributed by atoms with Crippen molar-refractivity contribution < 1.29 is 23.7 Å². The second kappa shape index (κ2) is 9.18. The van der Waals surface area contributed by atoms with Gasteiger partial charge in [-0.1, -0.05) is 0 Å². The van der Waals surface area contributed by atoms with Gasteiger partial charge < -0.3 is 18.9 Å². The van der Waals surface area contributed by atoms with Gasteiger partial charge in [0.15, 0.2) is 11.5 Å². The normalized spacial score (nSPS) is 10.4. The maximum Gasteiger partial charge on any atom is 0.344 e. The van der Waals surface area contributed by atoms with Gasteiger partial charge in [-0.15, -0.1) is 11.3 Å². The smallest absolute Gasteiger partial charge is 0.344 e. The third-order valence-electron chi connectivity index (χ3n) is 3.81. The number of nitrogens with zero attached hydrogens (tertiary/aromatic N) is 2. The summed E-state index contributed by atoms with van der Waals surface area (Å²) < 4.78 is 21.3. The molecule has 1 aromatic carbocycles. The largest absolute Gasteiger partial charge is 0.493 e. The van der Waals surface area contributed by atoms with Crippen LogP contribution in [0.1, 0.15) is 23.0 Å². The minimum Gasteiger partial charge on any atom is -0.493 e. The Labute approximate surface area is 166 Å². The minimum atomic E-state index is -0.503. The zero-order valence-electron chi connectivity index (χ0n) is 15.8.